The Bertz CT molecular complexity index is 569. The monoisotopic (exact) mass is 324 g/mol. The van der Waals surface area contributed by atoms with Crippen LogP contribution in [0.25, 0.3) is 0 Å². The average molecular weight is 324 g/mol. The van der Waals surface area contributed by atoms with Crippen molar-refractivity contribution in [3.8, 4) is 11.5 Å². The van der Waals surface area contributed by atoms with Crippen LogP contribution in [0, 0.1) is 0 Å². The maximum atomic E-state index is 11.1. The number of aliphatic hydroxyl groups excluding tert-OH is 1. The van der Waals surface area contributed by atoms with Crippen molar-refractivity contribution in [2.24, 2.45) is 0 Å². The van der Waals surface area contributed by atoms with Crippen molar-refractivity contribution in [1.29, 1.82) is 0 Å². The summed E-state index contributed by atoms with van der Waals surface area (Å²) in [7, 11) is 0. The van der Waals surface area contributed by atoms with Gasteiger partial charge in [-0.15, -0.1) is 0 Å². The summed E-state index contributed by atoms with van der Waals surface area (Å²) in [5, 5.41) is 39.0. The molecule has 23 heavy (non-hydrogen) atoms. The van der Waals surface area contributed by atoms with Gasteiger partial charge in [-0.2, -0.15) is 0 Å². The van der Waals surface area contributed by atoms with Crippen LogP contribution < -0.4 is 0 Å². The summed E-state index contributed by atoms with van der Waals surface area (Å²) in [4.78, 5) is 11.1. The molecule has 0 aliphatic carbocycles. The zero-order valence-corrected chi connectivity index (χ0v) is 13.3. The van der Waals surface area contributed by atoms with Gasteiger partial charge in [0.25, 0.3) is 0 Å². The van der Waals surface area contributed by atoms with Crippen molar-refractivity contribution >= 4 is 5.97 Å². The third-order valence-electron chi connectivity index (χ3n) is 4.26. The zero-order valence-electron chi connectivity index (χ0n) is 13.3. The number of hydrogen-bond acceptors (Lipinski definition) is 5. The molecule has 128 valence electrons. The second-order valence-corrected chi connectivity index (χ2v) is 6.01. The van der Waals surface area contributed by atoms with E-state index in [-0.39, 0.29) is 11.7 Å². The van der Waals surface area contributed by atoms with Gasteiger partial charge in [-0.05, 0) is 24.5 Å². The number of carboxylic acid groups (broad SMARTS) is 1. The van der Waals surface area contributed by atoms with Crippen molar-refractivity contribution < 1.29 is 30.0 Å². The highest BCUT2D eigenvalue weighted by molar-refractivity contribution is 5.94. The third-order valence-corrected chi connectivity index (χ3v) is 4.26. The molecule has 2 atom stereocenters. The molecule has 0 amide bonds. The SMILES string of the molecule is CCCCCCC[C@H]1Cc2cc(O)c(C(=O)O)c(O)c2[C@H](O)O1. The van der Waals surface area contributed by atoms with E-state index in [2.05, 4.69) is 6.92 Å². The molecule has 0 saturated heterocycles. The van der Waals surface area contributed by atoms with Gasteiger partial charge >= 0.3 is 5.97 Å². The van der Waals surface area contributed by atoms with E-state index >= 15 is 0 Å². The number of aromatic hydroxyl groups is 2. The minimum Gasteiger partial charge on any atom is -0.507 e. The van der Waals surface area contributed by atoms with Crippen LogP contribution in [0.15, 0.2) is 6.07 Å². The molecular weight excluding hydrogens is 300 g/mol. The molecular formula is C17H24O6. The van der Waals surface area contributed by atoms with Crippen molar-refractivity contribution in [3.63, 3.8) is 0 Å². The van der Waals surface area contributed by atoms with Gasteiger partial charge in [0.05, 0.1) is 11.7 Å². The number of carbonyl (C=O) groups is 1. The second kappa shape index (κ2) is 7.66. The third kappa shape index (κ3) is 3.95. The maximum Gasteiger partial charge on any atom is 0.343 e. The van der Waals surface area contributed by atoms with E-state index in [1.165, 1.54) is 25.3 Å². The molecule has 1 aromatic carbocycles. The molecule has 0 unspecified atom stereocenters. The Kier molecular flexibility index (Phi) is 5.85. The van der Waals surface area contributed by atoms with E-state index in [0.29, 0.717) is 12.0 Å². The number of rotatable bonds is 7. The minimum absolute atomic E-state index is 0.0439. The van der Waals surface area contributed by atoms with Gasteiger partial charge in [-0.3, -0.25) is 0 Å². The number of aliphatic hydroxyl groups is 1. The van der Waals surface area contributed by atoms with Crippen LogP contribution in [-0.4, -0.2) is 32.5 Å². The van der Waals surface area contributed by atoms with Crippen molar-refractivity contribution in [2.75, 3.05) is 0 Å². The first-order chi connectivity index (χ1) is 11.0. The van der Waals surface area contributed by atoms with Gasteiger partial charge in [-0.25, -0.2) is 4.79 Å². The largest absolute Gasteiger partial charge is 0.507 e. The average Bonchev–Trinajstić information content (AvgIpc) is 2.45. The van der Waals surface area contributed by atoms with Crippen molar-refractivity contribution in [3.05, 3.63) is 22.8 Å². The highest BCUT2D eigenvalue weighted by Gasteiger charge is 2.32. The van der Waals surface area contributed by atoms with Crippen LogP contribution in [0.3, 0.4) is 0 Å². The van der Waals surface area contributed by atoms with Gasteiger partial charge in [0, 0.05) is 0 Å². The first-order valence-electron chi connectivity index (χ1n) is 8.10. The lowest BCUT2D eigenvalue weighted by Gasteiger charge is -2.30. The van der Waals surface area contributed by atoms with Crippen molar-refractivity contribution in [1.82, 2.24) is 0 Å². The smallest absolute Gasteiger partial charge is 0.343 e. The van der Waals surface area contributed by atoms with E-state index in [1.807, 2.05) is 0 Å². The Morgan fingerprint density at radius 1 is 1.26 bits per heavy atom. The molecule has 1 heterocycles. The molecule has 0 aromatic heterocycles. The first kappa shape index (κ1) is 17.6. The fourth-order valence-electron chi connectivity index (χ4n) is 3.07. The quantitative estimate of drug-likeness (QED) is 0.574. The summed E-state index contributed by atoms with van der Waals surface area (Å²) < 4.78 is 5.50. The van der Waals surface area contributed by atoms with Gasteiger partial charge in [0.2, 0.25) is 0 Å². The van der Waals surface area contributed by atoms with E-state index in [4.69, 9.17) is 9.84 Å². The zero-order chi connectivity index (χ0) is 17.0. The van der Waals surface area contributed by atoms with Gasteiger partial charge in [0.15, 0.2) is 6.29 Å². The van der Waals surface area contributed by atoms with E-state index in [1.54, 1.807) is 0 Å². The molecule has 0 spiro atoms. The van der Waals surface area contributed by atoms with E-state index < -0.39 is 29.3 Å². The molecule has 6 nitrogen and oxygen atoms in total. The normalized spacial score (nSPS) is 20.3. The van der Waals surface area contributed by atoms with Crippen LogP contribution in [0.1, 0.15) is 73.2 Å². The summed E-state index contributed by atoms with van der Waals surface area (Å²) in [6.45, 7) is 2.15. The molecule has 0 bridgehead atoms. The van der Waals surface area contributed by atoms with Crippen molar-refractivity contribution in [2.45, 2.75) is 64.3 Å². The summed E-state index contributed by atoms with van der Waals surface area (Å²) in [5.74, 6) is -2.57. The molecule has 6 heteroatoms. The standard InChI is InChI=1S/C17H24O6/c1-2-3-4-5-6-7-11-8-10-9-12(18)14(16(20)21)15(19)13(10)17(22)23-11/h9,11,17-19,22H,2-8H2,1H3,(H,20,21)/t11-,17+/m0/s1. The Labute approximate surface area is 135 Å². The molecule has 1 aliphatic rings. The summed E-state index contributed by atoms with van der Waals surface area (Å²) in [6, 6.07) is 1.30. The Morgan fingerprint density at radius 3 is 2.61 bits per heavy atom. The molecule has 4 N–H and O–H groups in total. The summed E-state index contributed by atoms with van der Waals surface area (Å²) >= 11 is 0. The predicted molar refractivity (Wildman–Crippen MR) is 83.6 cm³/mol. The number of hydrogen-bond donors (Lipinski definition) is 4. The van der Waals surface area contributed by atoms with Crippen LogP contribution in [0.2, 0.25) is 0 Å². The predicted octanol–water partition coefficient (Wildman–Crippen LogP) is 3.09. The van der Waals surface area contributed by atoms with Crippen LogP contribution in [-0.2, 0) is 11.2 Å². The molecule has 0 radical (unpaired) electrons. The number of carboxylic acids is 1. The number of phenols is 2. The lowest BCUT2D eigenvalue weighted by molar-refractivity contribution is -0.151. The number of ether oxygens (including phenoxy) is 1. The lowest BCUT2D eigenvalue weighted by Crippen LogP contribution is -2.26. The first-order valence-corrected chi connectivity index (χ1v) is 8.10. The van der Waals surface area contributed by atoms with Crippen LogP contribution >= 0.6 is 0 Å². The molecule has 1 aliphatic heterocycles. The van der Waals surface area contributed by atoms with E-state index in [0.717, 1.165) is 19.3 Å². The van der Waals surface area contributed by atoms with Gasteiger partial charge in [0.1, 0.15) is 17.1 Å². The number of fused-ring (bicyclic) bond motifs is 1. The maximum absolute atomic E-state index is 11.1. The lowest BCUT2D eigenvalue weighted by atomic mass is 9.92. The Hall–Kier alpha value is -1.79. The highest BCUT2D eigenvalue weighted by Crippen LogP contribution is 2.42. The molecule has 1 aromatic rings. The van der Waals surface area contributed by atoms with Gasteiger partial charge in [-0.1, -0.05) is 39.0 Å². The topological polar surface area (TPSA) is 107 Å². The Morgan fingerprint density at radius 2 is 1.96 bits per heavy atom. The minimum atomic E-state index is -1.45. The fraction of sp³-hybridized carbons (Fsp3) is 0.588. The fourth-order valence-corrected chi connectivity index (χ4v) is 3.07. The molecule has 0 fully saturated rings. The molecule has 0 saturated carbocycles. The number of aromatic carboxylic acids is 1. The highest BCUT2D eigenvalue weighted by atomic mass is 16.6. The van der Waals surface area contributed by atoms with Crippen LogP contribution in [0.5, 0.6) is 11.5 Å². The van der Waals surface area contributed by atoms with Crippen LogP contribution in [0.4, 0.5) is 0 Å². The second-order valence-electron chi connectivity index (χ2n) is 6.01. The molecule has 2 rings (SSSR count). The number of unbranched alkanes of at least 4 members (excludes halogenated alkanes) is 4. The van der Waals surface area contributed by atoms with E-state index in [9.17, 15) is 20.1 Å². The summed E-state index contributed by atoms with van der Waals surface area (Å²) in [6.07, 6.45) is 5.28. The summed E-state index contributed by atoms with van der Waals surface area (Å²) in [5.41, 5.74) is -0.0332. The number of benzene rings is 1. The van der Waals surface area contributed by atoms with Gasteiger partial charge < -0.3 is 25.2 Å². The Balaban J connectivity index is 2.10.